The molecule has 1 rings (SSSR count). The van der Waals surface area contributed by atoms with Crippen LogP contribution in [0.4, 0.5) is 0 Å². The van der Waals surface area contributed by atoms with Gasteiger partial charge in [-0.05, 0) is 6.92 Å². The summed E-state index contributed by atoms with van der Waals surface area (Å²) in [5, 5.41) is 9.06. The molecule has 1 aromatic heterocycles. The van der Waals surface area contributed by atoms with Crippen molar-refractivity contribution in [3.8, 4) is 0 Å². The van der Waals surface area contributed by atoms with Gasteiger partial charge in [0, 0.05) is 24.4 Å². The quantitative estimate of drug-likeness (QED) is 0.792. The fourth-order valence-corrected chi connectivity index (χ4v) is 1.85. The van der Waals surface area contributed by atoms with Crippen LogP contribution in [-0.4, -0.2) is 23.5 Å². The van der Waals surface area contributed by atoms with Gasteiger partial charge in [-0.2, -0.15) is 0 Å². The van der Waals surface area contributed by atoms with Gasteiger partial charge < -0.3 is 10.6 Å². The number of rotatable bonds is 6. The summed E-state index contributed by atoms with van der Waals surface area (Å²) in [4.78, 5) is 15.7. The third kappa shape index (κ3) is 5.23. The largest absolute Gasteiger partial charge is 0.350 e. The van der Waals surface area contributed by atoms with Crippen molar-refractivity contribution in [2.24, 2.45) is 0 Å². The Bertz CT molecular complexity index is 336. The number of hydrogen-bond acceptors (Lipinski definition) is 4. The monoisotopic (exact) mass is 241 g/mol. The van der Waals surface area contributed by atoms with Gasteiger partial charge >= 0.3 is 0 Å². The van der Waals surface area contributed by atoms with E-state index in [-0.39, 0.29) is 5.91 Å². The minimum absolute atomic E-state index is 0.0683. The van der Waals surface area contributed by atoms with E-state index in [9.17, 15) is 4.79 Å². The highest BCUT2D eigenvalue weighted by molar-refractivity contribution is 7.09. The average Bonchev–Trinajstić information content (AvgIpc) is 2.61. The van der Waals surface area contributed by atoms with E-state index in [0.29, 0.717) is 19.0 Å². The molecule has 0 saturated carbocycles. The second-order valence-corrected chi connectivity index (χ2v) is 5.06. The summed E-state index contributed by atoms with van der Waals surface area (Å²) in [5.74, 6) is 0.0683. The van der Waals surface area contributed by atoms with E-state index in [2.05, 4.69) is 29.5 Å². The topological polar surface area (TPSA) is 54.0 Å². The van der Waals surface area contributed by atoms with Gasteiger partial charge in [-0.3, -0.25) is 4.79 Å². The first-order chi connectivity index (χ1) is 7.58. The van der Waals surface area contributed by atoms with Crippen LogP contribution in [-0.2, 0) is 11.3 Å². The van der Waals surface area contributed by atoms with E-state index in [1.165, 1.54) is 0 Å². The number of amides is 1. The molecule has 16 heavy (non-hydrogen) atoms. The van der Waals surface area contributed by atoms with E-state index in [4.69, 9.17) is 0 Å². The van der Waals surface area contributed by atoms with Gasteiger partial charge in [0.25, 0.3) is 0 Å². The van der Waals surface area contributed by atoms with Crippen LogP contribution in [0.5, 0.6) is 0 Å². The first-order valence-corrected chi connectivity index (χ1v) is 6.37. The van der Waals surface area contributed by atoms with Crippen LogP contribution in [0.25, 0.3) is 0 Å². The van der Waals surface area contributed by atoms with Crippen LogP contribution in [0.15, 0.2) is 5.38 Å². The predicted molar refractivity (Wildman–Crippen MR) is 66.5 cm³/mol. The fraction of sp³-hybridized carbons (Fsp3) is 0.636. The molecule has 0 saturated heterocycles. The molecule has 0 fully saturated rings. The molecular weight excluding hydrogens is 222 g/mol. The molecule has 0 aliphatic carbocycles. The summed E-state index contributed by atoms with van der Waals surface area (Å²) < 4.78 is 0. The molecule has 4 nitrogen and oxygen atoms in total. The maximum Gasteiger partial charge on any atom is 0.221 e. The van der Waals surface area contributed by atoms with E-state index in [1.54, 1.807) is 11.3 Å². The molecule has 90 valence electrons. The van der Waals surface area contributed by atoms with Crippen LogP contribution in [0.1, 0.15) is 31.0 Å². The number of carbonyl (C=O) groups excluding carboxylic acids is 1. The smallest absolute Gasteiger partial charge is 0.221 e. The van der Waals surface area contributed by atoms with Crippen LogP contribution >= 0.6 is 11.3 Å². The normalized spacial score (nSPS) is 10.8. The van der Waals surface area contributed by atoms with E-state index < -0.39 is 0 Å². The zero-order chi connectivity index (χ0) is 12.0. The van der Waals surface area contributed by atoms with Crippen LogP contribution in [0.2, 0.25) is 0 Å². The lowest BCUT2D eigenvalue weighted by atomic mass is 10.3. The molecule has 0 radical (unpaired) electrons. The van der Waals surface area contributed by atoms with Crippen LogP contribution in [0, 0.1) is 6.92 Å². The highest BCUT2D eigenvalue weighted by atomic mass is 32.1. The van der Waals surface area contributed by atoms with Crippen molar-refractivity contribution in [3.63, 3.8) is 0 Å². The molecule has 1 amide bonds. The first-order valence-electron chi connectivity index (χ1n) is 5.49. The van der Waals surface area contributed by atoms with Crippen LogP contribution in [0.3, 0.4) is 0 Å². The van der Waals surface area contributed by atoms with E-state index >= 15 is 0 Å². The van der Waals surface area contributed by atoms with Crippen molar-refractivity contribution in [2.75, 3.05) is 6.54 Å². The molecule has 5 heteroatoms. The van der Waals surface area contributed by atoms with Crippen LogP contribution < -0.4 is 10.6 Å². The van der Waals surface area contributed by atoms with Crippen molar-refractivity contribution in [1.82, 2.24) is 15.6 Å². The second kappa shape index (κ2) is 6.60. The zero-order valence-electron chi connectivity index (χ0n) is 10.0. The number of nitrogens with zero attached hydrogens (tertiary/aromatic N) is 1. The minimum Gasteiger partial charge on any atom is -0.350 e. The van der Waals surface area contributed by atoms with Gasteiger partial charge in [0.15, 0.2) is 0 Å². The fourth-order valence-electron chi connectivity index (χ4n) is 1.24. The third-order valence-electron chi connectivity index (χ3n) is 2.04. The molecule has 1 aromatic rings. The highest BCUT2D eigenvalue weighted by Gasteiger charge is 2.03. The predicted octanol–water partition coefficient (Wildman–Crippen LogP) is 1.46. The lowest BCUT2D eigenvalue weighted by Gasteiger charge is -2.07. The Morgan fingerprint density at radius 2 is 2.31 bits per heavy atom. The van der Waals surface area contributed by atoms with Gasteiger partial charge in [0.05, 0.1) is 17.2 Å². The summed E-state index contributed by atoms with van der Waals surface area (Å²) in [7, 11) is 0. The summed E-state index contributed by atoms with van der Waals surface area (Å²) in [6, 6.07) is 0.425. The molecule has 0 bridgehead atoms. The maximum absolute atomic E-state index is 11.4. The van der Waals surface area contributed by atoms with Crippen molar-refractivity contribution in [2.45, 2.75) is 39.8 Å². The average molecular weight is 241 g/mol. The van der Waals surface area contributed by atoms with Crippen molar-refractivity contribution >= 4 is 17.2 Å². The van der Waals surface area contributed by atoms with Crippen molar-refractivity contribution in [3.05, 3.63) is 16.1 Å². The molecule has 0 spiro atoms. The van der Waals surface area contributed by atoms with E-state index in [1.807, 2.05) is 12.3 Å². The Balaban J connectivity index is 2.15. The summed E-state index contributed by atoms with van der Waals surface area (Å²) in [6.45, 7) is 7.35. The molecule has 0 aromatic carbocycles. The summed E-state index contributed by atoms with van der Waals surface area (Å²) in [6.07, 6.45) is 0.515. The molecule has 1 heterocycles. The Hall–Kier alpha value is -0.940. The maximum atomic E-state index is 11.4. The molecule has 0 aliphatic heterocycles. The number of aromatic nitrogens is 1. The number of nitrogens with one attached hydrogen (secondary N) is 2. The number of carbonyl (C=O) groups is 1. The van der Waals surface area contributed by atoms with Gasteiger partial charge in [-0.1, -0.05) is 13.8 Å². The Morgan fingerprint density at radius 3 is 2.88 bits per heavy atom. The van der Waals surface area contributed by atoms with Crippen molar-refractivity contribution < 1.29 is 4.79 Å². The lowest BCUT2D eigenvalue weighted by molar-refractivity contribution is -0.121. The Labute approximate surface area is 100 Å². The number of thiazole rings is 1. The number of hydrogen-bond donors (Lipinski definition) is 2. The molecule has 0 aliphatic rings. The highest BCUT2D eigenvalue weighted by Crippen LogP contribution is 2.07. The van der Waals surface area contributed by atoms with E-state index in [0.717, 1.165) is 17.2 Å². The molecule has 0 atom stereocenters. The van der Waals surface area contributed by atoms with Crippen molar-refractivity contribution in [1.29, 1.82) is 0 Å². The van der Waals surface area contributed by atoms with Gasteiger partial charge in [-0.25, -0.2) is 4.98 Å². The molecule has 0 unspecified atom stereocenters. The Kier molecular flexibility index (Phi) is 5.42. The van der Waals surface area contributed by atoms with Gasteiger partial charge in [0.2, 0.25) is 5.91 Å². The van der Waals surface area contributed by atoms with Gasteiger partial charge in [0.1, 0.15) is 0 Å². The van der Waals surface area contributed by atoms with Gasteiger partial charge in [-0.15, -0.1) is 11.3 Å². The molecule has 2 N–H and O–H groups in total. The number of aryl methyl sites for hydroxylation is 1. The second-order valence-electron chi connectivity index (χ2n) is 3.99. The molecular formula is C11H19N3OS. The first kappa shape index (κ1) is 13.1. The zero-order valence-corrected chi connectivity index (χ0v) is 10.9. The standard InChI is InChI=1S/C11H19N3OS/c1-8(2)12-5-4-11(15)13-6-10-7-16-9(3)14-10/h7-8,12H,4-6H2,1-3H3,(H,13,15). The SMILES string of the molecule is Cc1nc(CNC(=O)CCNC(C)C)cs1. The Morgan fingerprint density at radius 1 is 1.56 bits per heavy atom. The third-order valence-corrected chi connectivity index (χ3v) is 2.86. The minimum atomic E-state index is 0.0683. The summed E-state index contributed by atoms with van der Waals surface area (Å²) >= 11 is 1.60. The lowest BCUT2D eigenvalue weighted by Crippen LogP contribution is -2.30. The summed E-state index contributed by atoms with van der Waals surface area (Å²) in [5.41, 5.74) is 0.938.